The molecule has 0 atom stereocenters. The van der Waals surface area contributed by atoms with Gasteiger partial charge in [0.05, 0.1) is 19.9 Å². The Kier molecular flexibility index (Phi) is 5.04. The van der Waals surface area contributed by atoms with Gasteiger partial charge >= 0.3 is 0 Å². The highest BCUT2D eigenvalue weighted by Crippen LogP contribution is 2.27. The summed E-state index contributed by atoms with van der Waals surface area (Å²) in [6.07, 6.45) is 1.29. The Morgan fingerprint density at radius 2 is 2.00 bits per heavy atom. The Labute approximate surface area is 129 Å². The van der Waals surface area contributed by atoms with Gasteiger partial charge in [-0.2, -0.15) is 0 Å². The molecule has 0 saturated carbocycles. The molecular formula is C16H20N2O4. The van der Waals surface area contributed by atoms with Crippen molar-refractivity contribution in [2.45, 2.75) is 26.3 Å². The summed E-state index contributed by atoms with van der Waals surface area (Å²) in [5.41, 5.74) is 1.56. The maximum atomic E-state index is 12.2. The molecule has 0 fully saturated rings. The molecule has 0 aliphatic rings. The molecule has 1 heterocycles. The molecule has 0 unspecified atom stereocenters. The van der Waals surface area contributed by atoms with Crippen molar-refractivity contribution in [2.75, 3.05) is 14.2 Å². The second-order valence-electron chi connectivity index (χ2n) is 5.09. The van der Waals surface area contributed by atoms with Crippen LogP contribution in [0.2, 0.25) is 0 Å². The minimum atomic E-state index is -0.281. The zero-order chi connectivity index (χ0) is 16.1. The molecular weight excluding hydrogens is 284 g/mol. The molecule has 0 saturated heterocycles. The lowest BCUT2D eigenvalue weighted by Crippen LogP contribution is -2.23. The normalized spacial score (nSPS) is 10.6. The third-order valence-corrected chi connectivity index (χ3v) is 3.25. The van der Waals surface area contributed by atoms with E-state index >= 15 is 0 Å². The zero-order valence-electron chi connectivity index (χ0n) is 13.2. The lowest BCUT2D eigenvalue weighted by atomic mass is 10.1. The summed E-state index contributed by atoms with van der Waals surface area (Å²) in [5.74, 6) is 1.37. The van der Waals surface area contributed by atoms with Gasteiger partial charge in [0.25, 0.3) is 5.91 Å². The van der Waals surface area contributed by atoms with Gasteiger partial charge < -0.3 is 19.2 Å². The number of oxazole rings is 1. The number of aromatic nitrogens is 1. The van der Waals surface area contributed by atoms with E-state index in [0.29, 0.717) is 23.7 Å². The third kappa shape index (κ3) is 3.39. The van der Waals surface area contributed by atoms with Crippen molar-refractivity contribution in [3.05, 3.63) is 41.6 Å². The first kappa shape index (κ1) is 15.9. The number of hydrogen-bond donors (Lipinski definition) is 1. The smallest absolute Gasteiger partial charge is 0.289 e. The quantitative estimate of drug-likeness (QED) is 0.888. The maximum Gasteiger partial charge on any atom is 0.289 e. The van der Waals surface area contributed by atoms with Crippen molar-refractivity contribution >= 4 is 5.91 Å². The van der Waals surface area contributed by atoms with E-state index < -0.39 is 0 Å². The maximum absolute atomic E-state index is 12.2. The monoisotopic (exact) mass is 304 g/mol. The van der Waals surface area contributed by atoms with Gasteiger partial charge in [0.15, 0.2) is 17.9 Å². The summed E-state index contributed by atoms with van der Waals surface area (Å²) in [4.78, 5) is 16.3. The van der Waals surface area contributed by atoms with Crippen LogP contribution in [0.4, 0.5) is 0 Å². The van der Waals surface area contributed by atoms with Gasteiger partial charge in [-0.3, -0.25) is 4.79 Å². The molecule has 0 bridgehead atoms. The van der Waals surface area contributed by atoms with Gasteiger partial charge in [-0.05, 0) is 23.6 Å². The van der Waals surface area contributed by atoms with Crippen molar-refractivity contribution in [2.24, 2.45) is 0 Å². The van der Waals surface area contributed by atoms with Gasteiger partial charge in [0.1, 0.15) is 0 Å². The minimum absolute atomic E-state index is 0.126. The van der Waals surface area contributed by atoms with Crippen LogP contribution in [0, 0.1) is 0 Å². The summed E-state index contributed by atoms with van der Waals surface area (Å²) in [6, 6.07) is 5.49. The number of methoxy groups -OCH3 is 2. The van der Waals surface area contributed by atoms with Gasteiger partial charge in [-0.15, -0.1) is 0 Å². The van der Waals surface area contributed by atoms with Crippen LogP contribution in [0.25, 0.3) is 0 Å². The Hall–Kier alpha value is -2.50. The van der Waals surface area contributed by atoms with Crippen molar-refractivity contribution in [3.8, 4) is 11.5 Å². The zero-order valence-corrected chi connectivity index (χ0v) is 13.2. The van der Waals surface area contributed by atoms with E-state index in [0.717, 1.165) is 5.56 Å². The average Bonchev–Trinajstić information content (AvgIpc) is 3.02. The fourth-order valence-electron chi connectivity index (χ4n) is 2.09. The number of rotatable bonds is 6. The summed E-state index contributed by atoms with van der Waals surface area (Å²) >= 11 is 0. The Bertz CT molecular complexity index is 649. The molecule has 6 heteroatoms. The first-order valence-electron chi connectivity index (χ1n) is 6.99. The van der Waals surface area contributed by atoms with Crippen LogP contribution in [0.3, 0.4) is 0 Å². The van der Waals surface area contributed by atoms with Crippen LogP contribution >= 0.6 is 0 Å². The first-order chi connectivity index (χ1) is 10.6. The van der Waals surface area contributed by atoms with Crippen molar-refractivity contribution in [3.63, 3.8) is 0 Å². The molecule has 1 aromatic heterocycles. The molecule has 1 N–H and O–H groups in total. The fourth-order valence-corrected chi connectivity index (χ4v) is 2.09. The second-order valence-corrected chi connectivity index (χ2v) is 5.09. The van der Waals surface area contributed by atoms with E-state index in [1.165, 1.54) is 6.39 Å². The lowest BCUT2D eigenvalue weighted by molar-refractivity contribution is 0.0921. The van der Waals surface area contributed by atoms with E-state index in [4.69, 9.17) is 13.9 Å². The highest BCUT2D eigenvalue weighted by Gasteiger charge is 2.19. The fraction of sp³-hybridized carbons (Fsp3) is 0.375. The van der Waals surface area contributed by atoms with Crippen LogP contribution in [0.5, 0.6) is 11.5 Å². The summed E-state index contributed by atoms with van der Waals surface area (Å²) in [5, 5.41) is 2.82. The number of hydrogen-bond acceptors (Lipinski definition) is 5. The topological polar surface area (TPSA) is 73.6 Å². The SMILES string of the molecule is COc1ccc(CNC(=O)c2ocnc2C(C)C)cc1OC. The van der Waals surface area contributed by atoms with Crippen LogP contribution < -0.4 is 14.8 Å². The molecule has 0 aliphatic heterocycles. The van der Waals surface area contributed by atoms with Gasteiger partial charge in [0, 0.05) is 6.54 Å². The lowest BCUT2D eigenvalue weighted by Gasteiger charge is -2.10. The van der Waals surface area contributed by atoms with E-state index in [2.05, 4.69) is 10.3 Å². The summed E-state index contributed by atoms with van der Waals surface area (Å²) in [6.45, 7) is 4.28. The van der Waals surface area contributed by atoms with Gasteiger partial charge in [-0.1, -0.05) is 19.9 Å². The molecule has 0 spiro atoms. The summed E-state index contributed by atoms with van der Waals surface area (Å²) < 4.78 is 15.6. The molecule has 22 heavy (non-hydrogen) atoms. The van der Waals surface area contributed by atoms with E-state index in [1.54, 1.807) is 20.3 Å². The number of nitrogens with zero attached hydrogens (tertiary/aromatic N) is 1. The predicted octanol–water partition coefficient (Wildman–Crippen LogP) is 2.75. The number of nitrogens with one attached hydrogen (secondary N) is 1. The van der Waals surface area contributed by atoms with Crippen LogP contribution in [-0.2, 0) is 6.54 Å². The Morgan fingerprint density at radius 3 is 2.64 bits per heavy atom. The average molecular weight is 304 g/mol. The largest absolute Gasteiger partial charge is 0.493 e. The molecule has 2 aromatic rings. The van der Waals surface area contributed by atoms with Crippen LogP contribution in [-0.4, -0.2) is 25.1 Å². The van der Waals surface area contributed by atoms with Crippen molar-refractivity contribution in [1.29, 1.82) is 0 Å². The molecule has 1 amide bonds. The predicted molar refractivity (Wildman–Crippen MR) is 81.3 cm³/mol. The number of ether oxygens (including phenoxy) is 2. The molecule has 0 radical (unpaired) electrons. The number of carbonyl (C=O) groups is 1. The first-order valence-corrected chi connectivity index (χ1v) is 6.99. The molecule has 1 aromatic carbocycles. The number of benzene rings is 1. The number of amides is 1. The van der Waals surface area contributed by atoms with Gasteiger partial charge in [-0.25, -0.2) is 4.98 Å². The Balaban J connectivity index is 2.06. The standard InChI is InChI=1S/C16H20N2O4/c1-10(2)14-15(22-9-18-14)16(19)17-8-11-5-6-12(20-3)13(7-11)21-4/h5-7,9-10H,8H2,1-4H3,(H,17,19). The Morgan fingerprint density at radius 1 is 1.27 bits per heavy atom. The highest BCUT2D eigenvalue weighted by molar-refractivity contribution is 5.92. The highest BCUT2D eigenvalue weighted by atomic mass is 16.5. The molecule has 2 rings (SSSR count). The van der Waals surface area contributed by atoms with E-state index in [-0.39, 0.29) is 17.6 Å². The second kappa shape index (κ2) is 6.98. The van der Waals surface area contributed by atoms with Crippen molar-refractivity contribution < 1.29 is 18.7 Å². The van der Waals surface area contributed by atoms with E-state index in [9.17, 15) is 4.79 Å². The van der Waals surface area contributed by atoms with E-state index in [1.807, 2.05) is 26.0 Å². The molecule has 6 nitrogen and oxygen atoms in total. The van der Waals surface area contributed by atoms with Crippen molar-refractivity contribution in [1.82, 2.24) is 10.3 Å². The summed E-state index contributed by atoms with van der Waals surface area (Å²) in [7, 11) is 3.15. The number of carbonyl (C=O) groups excluding carboxylic acids is 1. The molecule has 118 valence electrons. The third-order valence-electron chi connectivity index (χ3n) is 3.25. The van der Waals surface area contributed by atoms with Gasteiger partial charge in [0.2, 0.25) is 5.76 Å². The molecule has 0 aliphatic carbocycles. The van der Waals surface area contributed by atoms with Crippen LogP contribution in [0.1, 0.15) is 41.6 Å². The minimum Gasteiger partial charge on any atom is -0.493 e. The van der Waals surface area contributed by atoms with Crippen LogP contribution in [0.15, 0.2) is 29.0 Å².